The molecule has 2 aromatic carbocycles. The second kappa shape index (κ2) is 8.57. The van der Waals surface area contributed by atoms with E-state index in [0.717, 1.165) is 5.56 Å². The summed E-state index contributed by atoms with van der Waals surface area (Å²) in [6.45, 7) is 0.184. The number of nitrogens with one attached hydrogen (secondary N) is 1. The minimum Gasteiger partial charge on any atom is -0.484 e. The van der Waals surface area contributed by atoms with Crippen LogP contribution in [0, 0.1) is 0 Å². The number of ether oxygens (including phenoxy) is 2. The van der Waals surface area contributed by atoms with Crippen LogP contribution in [0.1, 0.15) is 15.9 Å². The van der Waals surface area contributed by atoms with Gasteiger partial charge in [0.2, 0.25) is 0 Å². The highest BCUT2D eigenvalue weighted by Crippen LogP contribution is 2.26. The highest BCUT2D eigenvalue weighted by molar-refractivity contribution is 6.42. The molecule has 2 aromatic rings. The molecule has 2 rings (SSSR count). The number of halogens is 2. The molecule has 126 valence electrons. The van der Waals surface area contributed by atoms with Crippen LogP contribution in [0.5, 0.6) is 5.75 Å². The fourth-order valence-corrected chi connectivity index (χ4v) is 2.13. The summed E-state index contributed by atoms with van der Waals surface area (Å²) in [7, 11) is 1.32. The van der Waals surface area contributed by atoms with Crippen LogP contribution in [-0.2, 0) is 16.1 Å². The highest BCUT2D eigenvalue weighted by atomic mass is 35.5. The standard InChI is InChI=1S/C17H15Cl2NO4/c1-23-17(22)12-4-2-11(3-5-12)9-20-16(21)10-24-13-6-7-14(18)15(19)8-13/h2-8H,9-10H2,1H3,(H,20,21). The van der Waals surface area contributed by atoms with Gasteiger partial charge < -0.3 is 14.8 Å². The highest BCUT2D eigenvalue weighted by Gasteiger charge is 2.07. The first-order chi connectivity index (χ1) is 11.5. The zero-order chi connectivity index (χ0) is 17.5. The Morgan fingerprint density at radius 1 is 1.04 bits per heavy atom. The van der Waals surface area contributed by atoms with Crippen molar-refractivity contribution in [2.75, 3.05) is 13.7 Å². The van der Waals surface area contributed by atoms with Crippen LogP contribution in [0.3, 0.4) is 0 Å². The van der Waals surface area contributed by atoms with Crippen LogP contribution < -0.4 is 10.1 Å². The summed E-state index contributed by atoms with van der Waals surface area (Å²) in [5.41, 5.74) is 1.31. The van der Waals surface area contributed by atoms with E-state index >= 15 is 0 Å². The molecule has 0 aromatic heterocycles. The van der Waals surface area contributed by atoms with E-state index in [9.17, 15) is 9.59 Å². The van der Waals surface area contributed by atoms with Crippen molar-refractivity contribution in [3.05, 3.63) is 63.6 Å². The number of hydrogen-bond donors (Lipinski definition) is 1. The molecule has 0 aliphatic carbocycles. The van der Waals surface area contributed by atoms with Crippen molar-refractivity contribution >= 4 is 35.1 Å². The molecule has 0 heterocycles. The summed E-state index contributed by atoms with van der Waals surface area (Å²) in [6, 6.07) is 11.5. The molecule has 1 N–H and O–H groups in total. The minimum absolute atomic E-state index is 0.141. The van der Waals surface area contributed by atoms with Crippen molar-refractivity contribution in [2.24, 2.45) is 0 Å². The quantitative estimate of drug-likeness (QED) is 0.793. The fourth-order valence-electron chi connectivity index (χ4n) is 1.84. The van der Waals surface area contributed by atoms with Gasteiger partial charge in [0.15, 0.2) is 6.61 Å². The van der Waals surface area contributed by atoms with Gasteiger partial charge >= 0.3 is 5.97 Å². The third-order valence-corrected chi connectivity index (χ3v) is 3.86. The number of rotatable bonds is 6. The van der Waals surface area contributed by atoms with Gasteiger partial charge in [-0.15, -0.1) is 0 Å². The molecule has 24 heavy (non-hydrogen) atoms. The first kappa shape index (κ1) is 18.1. The molecule has 0 aliphatic heterocycles. The van der Waals surface area contributed by atoms with Crippen molar-refractivity contribution in [3.63, 3.8) is 0 Å². The first-order valence-electron chi connectivity index (χ1n) is 7.01. The number of hydrogen-bond acceptors (Lipinski definition) is 4. The van der Waals surface area contributed by atoms with E-state index < -0.39 is 5.97 Å². The molecule has 0 radical (unpaired) electrons. The number of carbonyl (C=O) groups excluding carboxylic acids is 2. The van der Waals surface area contributed by atoms with Gasteiger partial charge in [-0.3, -0.25) is 4.79 Å². The zero-order valence-electron chi connectivity index (χ0n) is 12.8. The first-order valence-corrected chi connectivity index (χ1v) is 7.77. The molecule has 0 aliphatic rings. The van der Waals surface area contributed by atoms with Gasteiger partial charge in [0, 0.05) is 12.6 Å². The number of amides is 1. The summed E-state index contributed by atoms with van der Waals surface area (Å²) >= 11 is 11.7. The molecular formula is C17H15Cl2NO4. The number of benzene rings is 2. The second-order valence-electron chi connectivity index (χ2n) is 4.83. The topological polar surface area (TPSA) is 64.6 Å². The Morgan fingerprint density at radius 2 is 1.75 bits per heavy atom. The van der Waals surface area contributed by atoms with E-state index in [0.29, 0.717) is 27.9 Å². The molecule has 1 amide bonds. The lowest BCUT2D eigenvalue weighted by atomic mass is 10.1. The summed E-state index contributed by atoms with van der Waals surface area (Å²) < 4.78 is 9.96. The molecule has 7 heteroatoms. The summed E-state index contributed by atoms with van der Waals surface area (Å²) in [4.78, 5) is 23.1. The van der Waals surface area contributed by atoms with Gasteiger partial charge in [-0.1, -0.05) is 35.3 Å². The maximum atomic E-state index is 11.8. The van der Waals surface area contributed by atoms with Gasteiger partial charge in [0.1, 0.15) is 5.75 Å². The third-order valence-electron chi connectivity index (χ3n) is 3.13. The number of esters is 1. The van der Waals surface area contributed by atoms with Gasteiger partial charge in [-0.2, -0.15) is 0 Å². The number of methoxy groups -OCH3 is 1. The van der Waals surface area contributed by atoms with Crippen molar-refractivity contribution in [1.29, 1.82) is 0 Å². The minimum atomic E-state index is -0.402. The Morgan fingerprint density at radius 3 is 2.38 bits per heavy atom. The Hall–Kier alpha value is -2.24. The van der Waals surface area contributed by atoms with Crippen molar-refractivity contribution in [1.82, 2.24) is 5.32 Å². The SMILES string of the molecule is COC(=O)c1ccc(CNC(=O)COc2ccc(Cl)c(Cl)c2)cc1. The molecule has 0 unspecified atom stereocenters. The van der Waals surface area contributed by atoms with Crippen molar-refractivity contribution < 1.29 is 19.1 Å². The van der Waals surface area contributed by atoms with E-state index in [2.05, 4.69) is 10.1 Å². The lowest BCUT2D eigenvalue weighted by molar-refractivity contribution is -0.123. The lowest BCUT2D eigenvalue weighted by Crippen LogP contribution is -2.28. The molecule has 5 nitrogen and oxygen atoms in total. The molecule has 0 bridgehead atoms. The van der Waals surface area contributed by atoms with Crippen LogP contribution in [-0.4, -0.2) is 25.6 Å². The Kier molecular flexibility index (Phi) is 6.46. The Labute approximate surface area is 149 Å². The Balaban J connectivity index is 1.80. The van der Waals surface area contributed by atoms with Crippen LogP contribution in [0.25, 0.3) is 0 Å². The molecule has 0 saturated heterocycles. The van der Waals surface area contributed by atoms with Gasteiger partial charge in [0.05, 0.1) is 22.7 Å². The van der Waals surface area contributed by atoms with Gasteiger partial charge in [-0.25, -0.2) is 4.79 Å². The molecule has 0 atom stereocenters. The number of carbonyl (C=O) groups is 2. The van der Waals surface area contributed by atoms with E-state index in [-0.39, 0.29) is 12.5 Å². The van der Waals surface area contributed by atoms with Crippen LogP contribution in [0.4, 0.5) is 0 Å². The molecule has 0 saturated carbocycles. The maximum absolute atomic E-state index is 11.8. The van der Waals surface area contributed by atoms with E-state index in [4.69, 9.17) is 27.9 Å². The van der Waals surface area contributed by atoms with Crippen LogP contribution in [0.2, 0.25) is 10.0 Å². The largest absolute Gasteiger partial charge is 0.484 e. The van der Waals surface area contributed by atoms with E-state index in [1.807, 2.05) is 0 Å². The zero-order valence-corrected chi connectivity index (χ0v) is 14.4. The summed E-state index contributed by atoms with van der Waals surface area (Å²) in [5, 5.41) is 3.50. The average molecular weight is 368 g/mol. The van der Waals surface area contributed by atoms with E-state index in [1.54, 1.807) is 42.5 Å². The average Bonchev–Trinajstić information content (AvgIpc) is 2.60. The normalized spacial score (nSPS) is 10.1. The van der Waals surface area contributed by atoms with Gasteiger partial charge in [-0.05, 0) is 29.8 Å². The molecular weight excluding hydrogens is 353 g/mol. The van der Waals surface area contributed by atoms with Crippen molar-refractivity contribution in [2.45, 2.75) is 6.54 Å². The summed E-state index contributed by atoms with van der Waals surface area (Å²) in [6.07, 6.45) is 0. The van der Waals surface area contributed by atoms with Crippen LogP contribution in [0.15, 0.2) is 42.5 Å². The smallest absolute Gasteiger partial charge is 0.337 e. The van der Waals surface area contributed by atoms with Crippen molar-refractivity contribution in [3.8, 4) is 5.75 Å². The van der Waals surface area contributed by atoms with Crippen LogP contribution >= 0.6 is 23.2 Å². The fraction of sp³-hybridized carbons (Fsp3) is 0.176. The monoisotopic (exact) mass is 367 g/mol. The second-order valence-corrected chi connectivity index (χ2v) is 5.64. The van der Waals surface area contributed by atoms with Gasteiger partial charge in [0.25, 0.3) is 5.91 Å². The maximum Gasteiger partial charge on any atom is 0.337 e. The third kappa shape index (κ3) is 5.15. The lowest BCUT2D eigenvalue weighted by Gasteiger charge is -2.08. The predicted octanol–water partition coefficient (Wildman–Crippen LogP) is 3.48. The van der Waals surface area contributed by atoms with E-state index in [1.165, 1.54) is 7.11 Å². The molecule has 0 spiro atoms. The predicted molar refractivity (Wildman–Crippen MR) is 91.6 cm³/mol. The Bertz CT molecular complexity index is 732. The molecule has 0 fully saturated rings. The summed E-state index contributed by atoms with van der Waals surface area (Å²) in [5.74, 6) is -0.222.